The van der Waals surface area contributed by atoms with E-state index in [4.69, 9.17) is 0 Å². The van der Waals surface area contributed by atoms with E-state index in [-0.39, 0.29) is 0 Å². The maximum Gasteiger partial charge on any atom is 0.222 e. The Kier molecular flexibility index (Phi) is 14.3. The fourth-order valence-electron chi connectivity index (χ4n) is 2.43. The Morgan fingerprint density at radius 1 is 0.682 bits per heavy atom. The Hall–Kier alpha value is -1.06. The molecule has 0 aromatic carbocycles. The first-order chi connectivity index (χ1) is 10.4. The highest BCUT2D eigenvalue weighted by Crippen LogP contribution is 2.12. The van der Waals surface area contributed by atoms with E-state index < -0.39 is 0 Å². The topological polar surface area (TPSA) is 40.6 Å². The second kappa shape index (κ2) is 13.6. The van der Waals surface area contributed by atoms with Gasteiger partial charge in [0.15, 0.2) is 0 Å². The SMILES string of the molecule is CC.CC.CC(C)N1CCCC1=O.CC(C)N1CCCC1=O. The van der Waals surface area contributed by atoms with E-state index >= 15 is 0 Å². The molecule has 4 heteroatoms. The Morgan fingerprint density at radius 3 is 1.05 bits per heavy atom. The van der Waals surface area contributed by atoms with Crippen molar-refractivity contribution in [3.8, 4) is 0 Å². The van der Waals surface area contributed by atoms with Crippen LogP contribution in [0.4, 0.5) is 0 Å². The lowest BCUT2D eigenvalue weighted by Gasteiger charge is -2.19. The molecule has 2 rings (SSSR count). The number of likely N-dealkylation sites (tertiary alicyclic amines) is 2. The monoisotopic (exact) mass is 314 g/mol. The fourth-order valence-corrected chi connectivity index (χ4v) is 2.43. The first-order valence-corrected chi connectivity index (χ1v) is 9.02. The molecule has 0 spiro atoms. The van der Waals surface area contributed by atoms with Crippen molar-refractivity contribution in [2.45, 2.75) is 93.2 Å². The number of carbonyl (C=O) groups excluding carboxylic acids is 2. The normalized spacial score (nSPS) is 16.8. The summed E-state index contributed by atoms with van der Waals surface area (Å²) in [7, 11) is 0. The Bertz CT molecular complexity index is 271. The predicted molar refractivity (Wildman–Crippen MR) is 94.9 cm³/mol. The van der Waals surface area contributed by atoms with Crippen LogP contribution in [0.2, 0.25) is 0 Å². The molecule has 4 nitrogen and oxygen atoms in total. The summed E-state index contributed by atoms with van der Waals surface area (Å²) < 4.78 is 0. The Morgan fingerprint density at radius 2 is 0.955 bits per heavy atom. The van der Waals surface area contributed by atoms with Gasteiger partial charge in [-0.3, -0.25) is 9.59 Å². The summed E-state index contributed by atoms with van der Waals surface area (Å²) in [5.74, 6) is 0.648. The summed E-state index contributed by atoms with van der Waals surface area (Å²) in [5, 5.41) is 0. The van der Waals surface area contributed by atoms with Gasteiger partial charge in [-0.1, -0.05) is 27.7 Å². The number of carbonyl (C=O) groups is 2. The average molecular weight is 315 g/mol. The van der Waals surface area contributed by atoms with Crippen LogP contribution in [0.3, 0.4) is 0 Å². The van der Waals surface area contributed by atoms with Crippen LogP contribution in [0.15, 0.2) is 0 Å². The lowest BCUT2D eigenvalue weighted by molar-refractivity contribution is -0.129. The van der Waals surface area contributed by atoms with Crippen molar-refractivity contribution in [3.63, 3.8) is 0 Å². The molecule has 0 atom stereocenters. The molecular formula is C18H38N2O2. The van der Waals surface area contributed by atoms with Gasteiger partial charge in [-0.05, 0) is 40.5 Å². The van der Waals surface area contributed by atoms with Crippen LogP contribution in [0.5, 0.6) is 0 Å². The molecule has 2 heterocycles. The molecule has 0 unspecified atom stereocenters. The van der Waals surface area contributed by atoms with E-state index in [1.165, 1.54) is 0 Å². The molecule has 132 valence electrons. The van der Waals surface area contributed by atoms with Crippen molar-refractivity contribution in [1.29, 1.82) is 0 Å². The minimum atomic E-state index is 0.324. The molecule has 0 aliphatic carbocycles. The van der Waals surface area contributed by atoms with E-state index in [2.05, 4.69) is 27.7 Å². The van der Waals surface area contributed by atoms with Crippen molar-refractivity contribution in [2.24, 2.45) is 0 Å². The van der Waals surface area contributed by atoms with Gasteiger partial charge in [-0.2, -0.15) is 0 Å². The lowest BCUT2D eigenvalue weighted by Crippen LogP contribution is -2.31. The third-order valence-corrected chi connectivity index (χ3v) is 3.47. The minimum Gasteiger partial charge on any atom is -0.340 e. The van der Waals surface area contributed by atoms with Crippen molar-refractivity contribution >= 4 is 11.8 Å². The summed E-state index contributed by atoms with van der Waals surface area (Å²) in [4.78, 5) is 25.7. The molecule has 2 amide bonds. The largest absolute Gasteiger partial charge is 0.340 e. The van der Waals surface area contributed by atoms with Crippen LogP contribution in [-0.4, -0.2) is 46.8 Å². The van der Waals surface area contributed by atoms with Gasteiger partial charge in [0.2, 0.25) is 11.8 Å². The highest BCUT2D eigenvalue weighted by molar-refractivity contribution is 5.78. The van der Waals surface area contributed by atoms with Crippen LogP contribution in [-0.2, 0) is 9.59 Å². The first kappa shape index (κ1) is 23.2. The molecule has 2 saturated heterocycles. The second-order valence-electron chi connectivity index (χ2n) is 5.57. The lowest BCUT2D eigenvalue weighted by atomic mass is 10.3. The molecular weight excluding hydrogens is 276 g/mol. The zero-order valence-corrected chi connectivity index (χ0v) is 16.1. The molecule has 0 aromatic rings. The molecule has 22 heavy (non-hydrogen) atoms. The molecule has 0 saturated carbocycles. The predicted octanol–water partition coefficient (Wildman–Crippen LogP) is 4.09. The molecule has 2 aliphatic rings. The van der Waals surface area contributed by atoms with E-state index in [1.54, 1.807) is 0 Å². The maximum atomic E-state index is 10.9. The van der Waals surface area contributed by atoms with Gasteiger partial charge in [-0.25, -0.2) is 0 Å². The maximum absolute atomic E-state index is 10.9. The third-order valence-electron chi connectivity index (χ3n) is 3.47. The van der Waals surface area contributed by atoms with Gasteiger partial charge in [0.1, 0.15) is 0 Å². The van der Waals surface area contributed by atoms with Gasteiger partial charge in [-0.15, -0.1) is 0 Å². The van der Waals surface area contributed by atoms with Crippen LogP contribution in [0.25, 0.3) is 0 Å². The van der Waals surface area contributed by atoms with Crippen LogP contribution >= 0.6 is 0 Å². The van der Waals surface area contributed by atoms with Crippen molar-refractivity contribution in [1.82, 2.24) is 9.80 Å². The van der Waals surface area contributed by atoms with Crippen molar-refractivity contribution < 1.29 is 9.59 Å². The standard InChI is InChI=1S/2C7H13NO.2C2H6/c2*1-6(2)8-5-3-4-7(8)9;2*1-2/h2*6H,3-5H2,1-2H3;2*1-2H3. The minimum absolute atomic E-state index is 0.324. The summed E-state index contributed by atoms with van der Waals surface area (Å²) >= 11 is 0. The molecule has 2 fully saturated rings. The average Bonchev–Trinajstić information content (AvgIpc) is 3.12. The molecule has 0 bridgehead atoms. The van der Waals surface area contributed by atoms with E-state index in [0.29, 0.717) is 23.9 Å². The van der Waals surface area contributed by atoms with Gasteiger partial charge in [0.05, 0.1) is 0 Å². The molecule has 0 N–H and O–H groups in total. The summed E-state index contributed by atoms with van der Waals surface area (Å²) in [6.07, 6.45) is 3.63. The quantitative estimate of drug-likeness (QED) is 0.770. The summed E-state index contributed by atoms with van der Waals surface area (Å²) in [6.45, 7) is 18.2. The number of hydrogen-bond acceptors (Lipinski definition) is 2. The smallest absolute Gasteiger partial charge is 0.222 e. The summed E-state index contributed by atoms with van der Waals surface area (Å²) in [5.41, 5.74) is 0. The highest BCUT2D eigenvalue weighted by atomic mass is 16.2. The molecule has 0 radical (unpaired) electrons. The van der Waals surface area contributed by atoms with Crippen molar-refractivity contribution in [3.05, 3.63) is 0 Å². The first-order valence-electron chi connectivity index (χ1n) is 9.02. The molecule has 0 aromatic heterocycles. The van der Waals surface area contributed by atoms with Crippen molar-refractivity contribution in [2.75, 3.05) is 13.1 Å². The van der Waals surface area contributed by atoms with Gasteiger partial charge < -0.3 is 9.80 Å². The van der Waals surface area contributed by atoms with Crippen LogP contribution in [0.1, 0.15) is 81.1 Å². The van der Waals surface area contributed by atoms with Gasteiger partial charge in [0.25, 0.3) is 0 Å². The fraction of sp³-hybridized carbons (Fsp3) is 0.889. The number of amides is 2. The Labute approximate surface area is 138 Å². The number of nitrogens with zero attached hydrogens (tertiary/aromatic N) is 2. The van der Waals surface area contributed by atoms with E-state index in [0.717, 1.165) is 38.8 Å². The van der Waals surface area contributed by atoms with Crippen LogP contribution < -0.4 is 0 Å². The highest BCUT2D eigenvalue weighted by Gasteiger charge is 2.22. The van der Waals surface area contributed by atoms with E-state index in [1.807, 2.05) is 37.5 Å². The van der Waals surface area contributed by atoms with Gasteiger partial charge >= 0.3 is 0 Å². The zero-order chi connectivity index (χ0) is 17.7. The van der Waals surface area contributed by atoms with E-state index in [9.17, 15) is 9.59 Å². The number of hydrogen-bond donors (Lipinski definition) is 0. The summed E-state index contributed by atoms with van der Waals surface area (Å²) in [6, 6.07) is 0.806. The molecule has 2 aliphatic heterocycles. The van der Waals surface area contributed by atoms with Crippen LogP contribution in [0, 0.1) is 0 Å². The third kappa shape index (κ3) is 8.40. The zero-order valence-electron chi connectivity index (χ0n) is 16.1. The number of rotatable bonds is 2. The van der Waals surface area contributed by atoms with Gasteiger partial charge in [0, 0.05) is 38.0 Å². The second-order valence-corrected chi connectivity index (χ2v) is 5.57. The Balaban J connectivity index is 0.